The smallest absolute Gasteiger partial charge is 0.340 e. The lowest BCUT2D eigenvalue weighted by atomic mass is 10.2. The molecule has 0 heterocycles. The van der Waals surface area contributed by atoms with Gasteiger partial charge in [-0.3, -0.25) is 4.79 Å². The number of methoxy groups -OCH3 is 1. The highest BCUT2D eigenvalue weighted by Gasteiger charge is 2.21. The van der Waals surface area contributed by atoms with Gasteiger partial charge in [-0.15, -0.1) is 0 Å². The van der Waals surface area contributed by atoms with Crippen molar-refractivity contribution in [3.05, 3.63) is 57.0 Å². The number of esters is 1. The summed E-state index contributed by atoms with van der Waals surface area (Å²) in [6.07, 6.45) is -1.07. The first-order chi connectivity index (χ1) is 11.8. The first-order valence-corrected chi connectivity index (χ1v) is 8.25. The minimum Gasteiger partial charge on any atom is -0.495 e. The van der Waals surface area contributed by atoms with Crippen molar-refractivity contribution in [1.29, 1.82) is 0 Å². The molecule has 0 spiro atoms. The van der Waals surface area contributed by atoms with Gasteiger partial charge in [-0.05, 0) is 43.3 Å². The summed E-state index contributed by atoms with van der Waals surface area (Å²) in [5.41, 5.74) is 0.485. The summed E-state index contributed by atoms with van der Waals surface area (Å²) in [7, 11) is 1.46. The Labute approximate surface area is 159 Å². The first-order valence-electron chi connectivity index (χ1n) is 7.12. The minimum absolute atomic E-state index is 0.117. The Hall–Kier alpha value is -1.95. The number of hydrogen-bond donors (Lipinski definition) is 1. The second-order valence-electron chi connectivity index (χ2n) is 5.01. The number of hydrogen-bond acceptors (Lipinski definition) is 4. The average Bonchev–Trinajstić information content (AvgIpc) is 2.54. The molecule has 2 aromatic rings. The maximum atomic E-state index is 12.3. The van der Waals surface area contributed by atoms with Crippen LogP contribution in [0.15, 0.2) is 36.4 Å². The van der Waals surface area contributed by atoms with Gasteiger partial charge in [0, 0.05) is 10.0 Å². The van der Waals surface area contributed by atoms with Crippen LogP contribution < -0.4 is 10.1 Å². The number of anilines is 1. The Balaban J connectivity index is 2.07. The van der Waals surface area contributed by atoms with Gasteiger partial charge in [-0.2, -0.15) is 0 Å². The van der Waals surface area contributed by atoms with E-state index in [1.807, 2.05) is 0 Å². The number of ether oxygens (including phenoxy) is 2. The number of amides is 1. The van der Waals surface area contributed by atoms with Gasteiger partial charge >= 0.3 is 5.97 Å². The van der Waals surface area contributed by atoms with Crippen LogP contribution in [0.4, 0.5) is 5.69 Å². The molecule has 0 aliphatic rings. The highest BCUT2D eigenvalue weighted by molar-refractivity contribution is 6.36. The van der Waals surface area contributed by atoms with Gasteiger partial charge in [-0.1, -0.05) is 34.8 Å². The average molecular weight is 403 g/mol. The van der Waals surface area contributed by atoms with E-state index in [1.54, 1.807) is 12.1 Å². The fraction of sp³-hybridized carbons (Fsp3) is 0.176. The Bertz CT molecular complexity index is 810. The van der Waals surface area contributed by atoms with Crippen LogP contribution >= 0.6 is 34.8 Å². The third-order valence-electron chi connectivity index (χ3n) is 3.22. The van der Waals surface area contributed by atoms with Crippen LogP contribution in [0.25, 0.3) is 0 Å². The molecule has 0 unspecified atom stereocenters. The zero-order valence-electron chi connectivity index (χ0n) is 13.3. The van der Waals surface area contributed by atoms with E-state index in [0.29, 0.717) is 21.5 Å². The molecule has 0 radical (unpaired) electrons. The van der Waals surface area contributed by atoms with Gasteiger partial charge in [0.25, 0.3) is 5.91 Å². The minimum atomic E-state index is -1.07. The Morgan fingerprint density at radius 2 is 1.68 bits per heavy atom. The Morgan fingerprint density at radius 3 is 2.32 bits per heavy atom. The van der Waals surface area contributed by atoms with E-state index in [0.717, 1.165) is 0 Å². The van der Waals surface area contributed by atoms with E-state index in [1.165, 1.54) is 38.3 Å². The van der Waals surface area contributed by atoms with Crippen molar-refractivity contribution in [3.63, 3.8) is 0 Å². The molecule has 0 bridgehead atoms. The molecule has 2 aromatic carbocycles. The summed E-state index contributed by atoms with van der Waals surface area (Å²) in [5.74, 6) is -0.849. The molecule has 1 atom stereocenters. The molecule has 1 N–H and O–H groups in total. The molecule has 8 heteroatoms. The molecule has 0 saturated carbocycles. The maximum absolute atomic E-state index is 12.3. The predicted molar refractivity (Wildman–Crippen MR) is 98.0 cm³/mol. The summed E-state index contributed by atoms with van der Waals surface area (Å²) in [6.45, 7) is 1.44. The standard InChI is InChI=1S/C17H14Cl3NO4/c1-9(25-17(23)12-5-3-10(18)7-13(12)20)16(22)21-14-8-11(19)4-6-15(14)24-2/h3-9H,1-2H3,(H,21,22)/t9-/m0/s1. The molecule has 0 aromatic heterocycles. The summed E-state index contributed by atoms with van der Waals surface area (Å²) in [4.78, 5) is 24.4. The largest absolute Gasteiger partial charge is 0.495 e. The zero-order chi connectivity index (χ0) is 18.6. The number of rotatable bonds is 5. The van der Waals surface area contributed by atoms with E-state index < -0.39 is 18.0 Å². The van der Waals surface area contributed by atoms with Crippen LogP contribution in [0.2, 0.25) is 15.1 Å². The summed E-state index contributed by atoms with van der Waals surface area (Å²) in [6, 6.07) is 9.12. The quantitative estimate of drug-likeness (QED) is 0.727. The van der Waals surface area contributed by atoms with Crippen LogP contribution in [0.5, 0.6) is 5.75 Å². The maximum Gasteiger partial charge on any atom is 0.340 e. The molecule has 0 aliphatic carbocycles. The number of benzene rings is 2. The van der Waals surface area contributed by atoms with E-state index in [-0.39, 0.29) is 10.6 Å². The predicted octanol–water partition coefficient (Wildman–Crippen LogP) is 4.84. The summed E-state index contributed by atoms with van der Waals surface area (Å²) in [5, 5.41) is 3.56. The number of carbonyl (C=O) groups excluding carboxylic acids is 2. The fourth-order valence-corrected chi connectivity index (χ4v) is 2.60. The molecule has 0 fully saturated rings. The van der Waals surface area contributed by atoms with Crippen LogP contribution in [-0.4, -0.2) is 25.1 Å². The van der Waals surface area contributed by atoms with Gasteiger partial charge in [0.05, 0.1) is 23.4 Å². The van der Waals surface area contributed by atoms with Gasteiger partial charge in [0.2, 0.25) is 0 Å². The normalized spacial score (nSPS) is 11.6. The molecular weight excluding hydrogens is 389 g/mol. The zero-order valence-corrected chi connectivity index (χ0v) is 15.6. The Kier molecular flexibility index (Phi) is 6.53. The Morgan fingerprint density at radius 1 is 1.04 bits per heavy atom. The number of carbonyl (C=O) groups is 2. The third kappa shape index (κ3) is 5.01. The summed E-state index contributed by atoms with van der Waals surface area (Å²) >= 11 is 17.7. The van der Waals surface area contributed by atoms with Crippen molar-refractivity contribution in [2.24, 2.45) is 0 Å². The second kappa shape index (κ2) is 8.43. The van der Waals surface area contributed by atoms with Gasteiger partial charge < -0.3 is 14.8 Å². The lowest BCUT2D eigenvalue weighted by Gasteiger charge is -2.15. The molecule has 2 rings (SSSR count). The van der Waals surface area contributed by atoms with Crippen LogP contribution in [0, 0.1) is 0 Å². The van der Waals surface area contributed by atoms with E-state index in [9.17, 15) is 9.59 Å². The highest BCUT2D eigenvalue weighted by atomic mass is 35.5. The van der Waals surface area contributed by atoms with Crippen molar-refractivity contribution >= 4 is 52.4 Å². The van der Waals surface area contributed by atoms with Crippen molar-refractivity contribution in [1.82, 2.24) is 0 Å². The molecular formula is C17H14Cl3NO4. The number of halogens is 3. The van der Waals surface area contributed by atoms with Crippen molar-refractivity contribution < 1.29 is 19.1 Å². The molecule has 25 heavy (non-hydrogen) atoms. The molecule has 5 nitrogen and oxygen atoms in total. The van der Waals surface area contributed by atoms with Crippen molar-refractivity contribution in [2.45, 2.75) is 13.0 Å². The van der Waals surface area contributed by atoms with E-state index in [2.05, 4.69) is 5.32 Å². The van der Waals surface area contributed by atoms with Crippen LogP contribution in [-0.2, 0) is 9.53 Å². The van der Waals surface area contributed by atoms with Gasteiger partial charge in [-0.25, -0.2) is 4.79 Å². The van der Waals surface area contributed by atoms with Crippen molar-refractivity contribution in [2.75, 3.05) is 12.4 Å². The molecule has 0 aliphatic heterocycles. The topological polar surface area (TPSA) is 64.6 Å². The second-order valence-corrected chi connectivity index (χ2v) is 6.29. The first kappa shape index (κ1) is 19.4. The van der Waals surface area contributed by atoms with Crippen LogP contribution in [0.3, 0.4) is 0 Å². The SMILES string of the molecule is COc1ccc(Cl)cc1NC(=O)[C@H](C)OC(=O)c1ccc(Cl)cc1Cl. The van der Waals surface area contributed by atoms with E-state index >= 15 is 0 Å². The van der Waals surface area contributed by atoms with Crippen molar-refractivity contribution in [3.8, 4) is 5.75 Å². The monoisotopic (exact) mass is 401 g/mol. The lowest BCUT2D eigenvalue weighted by Crippen LogP contribution is -2.30. The van der Waals surface area contributed by atoms with E-state index in [4.69, 9.17) is 44.3 Å². The van der Waals surface area contributed by atoms with Gasteiger partial charge in [0.1, 0.15) is 5.75 Å². The fourth-order valence-electron chi connectivity index (χ4n) is 1.94. The molecule has 132 valence electrons. The van der Waals surface area contributed by atoms with Gasteiger partial charge in [0.15, 0.2) is 6.10 Å². The number of nitrogens with one attached hydrogen (secondary N) is 1. The highest BCUT2D eigenvalue weighted by Crippen LogP contribution is 2.28. The lowest BCUT2D eigenvalue weighted by molar-refractivity contribution is -0.123. The molecule has 0 saturated heterocycles. The third-order valence-corrected chi connectivity index (χ3v) is 4.01. The van der Waals surface area contributed by atoms with Crippen LogP contribution in [0.1, 0.15) is 17.3 Å². The summed E-state index contributed by atoms with van der Waals surface area (Å²) < 4.78 is 10.3. The molecule has 1 amide bonds.